The summed E-state index contributed by atoms with van der Waals surface area (Å²) in [6.45, 7) is 1.76. The Hall–Kier alpha value is -0.870. The molecule has 1 heterocycles. The Balaban J connectivity index is 2.24. The maximum absolute atomic E-state index is 11.3. The lowest BCUT2D eigenvalue weighted by Crippen LogP contribution is -2.31. The van der Waals surface area contributed by atoms with Crippen molar-refractivity contribution in [1.29, 1.82) is 0 Å². The molecular weight excluding hydrogens is 270 g/mol. The van der Waals surface area contributed by atoms with Crippen LogP contribution in [-0.2, 0) is 4.79 Å². The SMILES string of the molecule is O=C(O)[C@@H](c1ccc(Br)cc1)N1CCCC1. The minimum atomic E-state index is -0.760. The van der Waals surface area contributed by atoms with Gasteiger partial charge in [-0.3, -0.25) is 9.69 Å². The smallest absolute Gasteiger partial charge is 0.325 e. The van der Waals surface area contributed by atoms with Gasteiger partial charge in [0.2, 0.25) is 0 Å². The standard InChI is InChI=1S/C12H14BrNO2/c13-10-5-3-9(4-6-10)11(12(15)16)14-7-1-2-8-14/h3-6,11H,1-2,7-8H2,(H,15,16)/t11-/m1/s1. The highest BCUT2D eigenvalue weighted by atomic mass is 79.9. The number of carboxylic acid groups (broad SMARTS) is 1. The molecule has 1 aliphatic heterocycles. The summed E-state index contributed by atoms with van der Waals surface area (Å²) >= 11 is 3.35. The summed E-state index contributed by atoms with van der Waals surface area (Å²) in [6, 6.07) is 7.04. The molecule has 1 aromatic rings. The molecule has 1 N–H and O–H groups in total. The lowest BCUT2D eigenvalue weighted by Gasteiger charge is -2.23. The molecule has 1 fully saturated rings. The van der Waals surface area contributed by atoms with Crippen LogP contribution >= 0.6 is 15.9 Å². The van der Waals surface area contributed by atoms with E-state index in [1.54, 1.807) is 0 Å². The van der Waals surface area contributed by atoms with E-state index in [1.807, 2.05) is 29.2 Å². The van der Waals surface area contributed by atoms with E-state index in [1.165, 1.54) is 0 Å². The molecule has 86 valence electrons. The first-order valence-electron chi connectivity index (χ1n) is 5.41. The molecule has 1 aromatic carbocycles. The average Bonchev–Trinajstić information content (AvgIpc) is 2.74. The fourth-order valence-electron chi connectivity index (χ4n) is 2.15. The van der Waals surface area contributed by atoms with Crippen LogP contribution in [0.25, 0.3) is 0 Å². The van der Waals surface area contributed by atoms with E-state index in [-0.39, 0.29) is 0 Å². The quantitative estimate of drug-likeness (QED) is 0.927. The number of carbonyl (C=O) groups is 1. The number of hydrogen-bond donors (Lipinski definition) is 1. The van der Waals surface area contributed by atoms with Gasteiger partial charge in [0.1, 0.15) is 6.04 Å². The minimum Gasteiger partial charge on any atom is -0.480 e. The van der Waals surface area contributed by atoms with Crippen LogP contribution in [0.3, 0.4) is 0 Å². The Bertz CT molecular complexity index is 371. The zero-order valence-electron chi connectivity index (χ0n) is 8.90. The first kappa shape index (κ1) is 11.6. The summed E-state index contributed by atoms with van der Waals surface area (Å²) in [4.78, 5) is 13.4. The molecule has 0 unspecified atom stereocenters. The monoisotopic (exact) mass is 283 g/mol. The predicted molar refractivity (Wildman–Crippen MR) is 65.3 cm³/mol. The number of hydrogen-bond acceptors (Lipinski definition) is 2. The summed E-state index contributed by atoms with van der Waals surface area (Å²) in [7, 11) is 0. The predicted octanol–water partition coefficient (Wildman–Crippen LogP) is 2.67. The Kier molecular flexibility index (Phi) is 3.61. The number of rotatable bonds is 3. The van der Waals surface area contributed by atoms with E-state index in [4.69, 9.17) is 0 Å². The van der Waals surface area contributed by atoms with E-state index < -0.39 is 12.0 Å². The van der Waals surface area contributed by atoms with Crippen LogP contribution in [0.15, 0.2) is 28.7 Å². The van der Waals surface area contributed by atoms with E-state index in [0.29, 0.717) is 0 Å². The number of carboxylic acids is 1. The van der Waals surface area contributed by atoms with Crippen LogP contribution in [0, 0.1) is 0 Å². The van der Waals surface area contributed by atoms with Gasteiger partial charge in [-0.2, -0.15) is 0 Å². The second kappa shape index (κ2) is 4.97. The summed E-state index contributed by atoms with van der Waals surface area (Å²) in [5.74, 6) is -0.760. The van der Waals surface area contributed by atoms with Crippen molar-refractivity contribution in [2.24, 2.45) is 0 Å². The maximum Gasteiger partial charge on any atom is 0.325 e. The van der Waals surface area contributed by atoms with E-state index in [2.05, 4.69) is 15.9 Å². The van der Waals surface area contributed by atoms with Gasteiger partial charge in [-0.1, -0.05) is 28.1 Å². The largest absolute Gasteiger partial charge is 0.480 e. The molecule has 2 rings (SSSR count). The number of aliphatic carboxylic acids is 1. The Morgan fingerprint density at radius 1 is 1.25 bits per heavy atom. The molecule has 0 aliphatic carbocycles. The van der Waals surface area contributed by atoms with Gasteiger partial charge in [0.15, 0.2) is 0 Å². The molecule has 0 aromatic heterocycles. The van der Waals surface area contributed by atoms with Gasteiger partial charge in [0.05, 0.1) is 0 Å². The lowest BCUT2D eigenvalue weighted by atomic mass is 10.1. The van der Waals surface area contributed by atoms with Crippen LogP contribution in [0.1, 0.15) is 24.4 Å². The number of halogens is 1. The van der Waals surface area contributed by atoms with Gasteiger partial charge in [0.25, 0.3) is 0 Å². The van der Waals surface area contributed by atoms with Crippen LogP contribution < -0.4 is 0 Å². The summed E-state index contributed by atoms with van der Waals surface area (Å²) < 4.78 is 0.974. The van der Waals surface area contributed by atoms with Gasteiger partial charge < -0.3 is 5.11 Å². The molecule has 0 bridgehead atoms. The lowest BCUT2D eigenvalue weighted by molar-refractivity contribution is -0.143. The molecule has 16 heavy (non-hydrogen) atoms. The number of likely N-dealkylation sites (tertiary alicyclic amines) is 1. The molecule has 1 aliphatic rings. The van der Waals surface area contributed by atoms with E-state index in [0.717, 1.165) is 36.0 Å². The molecule has 0 saturated carbocycles. The molecule has 1 saturated heterocycles. The summed E-state index contributed by atoms with van der Waals surface area (Å²) in [6.07, 6.45) is 2.20. The van der Waals surface area contributed by atoms with Crippen molar-refractivity contribution in [2.45, 2.75) is 18.9 Å². The van der Waals surface area contributed by atoms with Crippen molar-refractivity contribution in [3.63, 3.8) is 0 Å². The zero-order valence-corrected chi connectivity index (χ0v) is 10.5. The van der Waals surface area contributed by atoms with Crippen LogP contribution in [0.4, 0.5) is 0 Å². The summed E-state index contributed by atoms with van der Waals surface area (Å²) in [5, 5.41) is 9.30. The third kappa shape index (κ3) is 2.44. The second-order valence-corrected chi connectivity index (χ2v) is 4.95. The molecule has 0 amide bonds. The number of benzene rings is 1. The van der Waals surface area contributed by atoms with Gasteiger partial charge in [-0.15, -0.1) is 0 Å². The van der Waals surface area contributed by atoms with Crippen molar-refractivity contribution < 1.29 is 9.90 Å². The normalized spacial score (nSPS) is 18.6. The molecule has 0 radical (unpaired) electrons. The zero-order chi connectivity index (χ0) is 11.5. The first-order chi connectivity index (χ1) is 7.68. The third-order valence-corrected chi connectivity index (χ3v) is 3.45. The third-order valence-electron chi connectivity index (χ3n) is 2.93. The molecular formula is C12H14BrNO2. The van der Waals surface area contributed by atoms with Gasteiger partial charge in [0, 0.05) is 4.47 Å². The maximum atomic E-state index is 11.3. The van der Waals surface area contributed by atoms with Crippen LogP contribution in [0.2, 0.25) is 0 Å². The molecule has 0 spiro atoms. The van der Waals surface area contributed by atoms with E-state index in [9.17, 15) is 9.90 Å². The topological polar surface area (TPSA) is 40.5 Å². The van der Waals surface area contributed by atoms with Crippen molar-refractivity contribution in [2.75, 3.05) is 13.1 Å². The van der Waals surface area contributed by atoms with Gasteiger partial charge in [-0.25, -0.2) is 0 Å². The van der Waals surface area contributed by atoms with Gasteiger partial charge >= 0.3 is 5.97 Å². The second-order valence-electron chi connectivity index (χ2n) is 4.04. The fourth-order valence-corrected chi connectivity index (χ4v) is 2.42. The fraction of sp³-hybridized carbons (Fsp3) is 0.417. The van der Waals surface area contributed by atoms with Crippen molar-refractivity contribution in [3.05, 3.63) is 34.3 Å². The Morgan fingerprint density at radius 3 is 2.31 bits per heavy atom. The average molecular weight is 284 g/mol. The number of nitrogens with zero attached hydrogens (tertiary/aromatic N) is 1. The Morgan fingerprint density at radius 2 is 1.81 bits per heavy atom. The highest BCUT2D eigenvalue weighted by Gasteiger charge is 2.29. The highest BCUT2D eigenvalue weighted by molar-refractivity contribution is 9.10. The molecule has 1 atom stereocenters. The molecule has 3 nitrogen and oxygen atoms in total. The van der Waals surface area contributed by atoms with Crippen molar-refractivity contribution >= 4 is 21.9 Å². The van der Waals surface area contributed by atoms with Crippen LogP contribution in [0.5, 0.6) is 0 Å². The van der Waals surface area contributed by atoms with Gasteiger partial charge in [-0.05, 0) is 43.6 Å². The van der Waals surface area contributed by atoms with Crippen molar-refractivity contribution in [3.8, 4) is 0 Å². The molecule has 4 heteroatoms. The Labute approximate surface area is 103 Å². The van der Waals surface area contributed by atoms with E-state index >= 15 is 0 Å². The summed E-state index contributed by atoms with van der Waals surface area (Å²) in [5.41, 5.74) is 0.859. The van der Waals surface area contributed by atoms with Crippen molar-refractivity contribution in [1.82, 2.24) is 4.90 Å². The highest BCUT2D eigenvalue weighted by Crippen LogP contribution is 2.26. The minimum absolute atomic E-state index is 0.490. The first-order valence-corrected chi connectivity index (χ1v) is 6.20. The van der Waals surface area contributed by atoms with Crippen LogP contribution in [-0.4, -0.2) is 29.1 Å².